The summed E-state index contributed by atoms with van der Waals surface area (Å²) in [5.74, 6) is 0. The molecule has 0 saturated carbocycles. The summed E-state index contributed by atoms with van der Waals surface area (Å²) >= 11 is 0. The van der Waals surface area contributed by atoms with Gasteiger partial charge in [-0.15, -0.1) is 0 Å². The fourth-order valence-electron chi connectivity index (χ4n) is 5.41. The molecule has 0 bridgehead atoms. The van der Waals surface area contributed by atoms with Gasteiger partial charge >= 0.3 is 7.60 Å². The van der Waals surface area contributed by atoms with Crippen LogP contribution < -0.4 is 0 Å². The monoisotopic (exact) mass is 645 g/mol. The van der Waals surface area contributed by atoms with Crippen LogP contribution in [0.2, 0.25) is 0 Å². The predicted molar refractivity (Wildman–Crippen MR) is 181 cm³/mol. The van der Waals surface area contributed by atoms with Crippen LogP contribution in [0.5, 0.6) is 0 Å². The van der Waals surface area contributed by atoms with Gasteiger partial charge in [0.25, 0.3) is 0 Å². The average Bonchev–Trinajstić information content (AvgIpc) is 2.93. The Balaban J connectivity index is -0.000000701. The van der Waals surface area contributed by atoms with E-state index in [2.05, 4.69) is 20.8 Å². The molecule has 0 aromatic carbocycles. The van der Waals surface area contributed by atoms with Crippen LogP contribution in [-0.2, 0) is 21.1 Å². The zero-order valence-corrected chi connectivity index (χ0v) is 30.0. The molecule has 0 atom stereocenters. The maximum absolute atomic E-state index is 10.7. The van der Waals surface area contributed by atoms with E-state index in [9.17, 15) is 4.57 Å². The average molecular weight is 647 g/mol. The van der Waals surface area contributed by atoms with Crippen LogP contribution in [0.15, 0.2) is 0 Å². The molecule has 0 saturated heterocycles. The van der Waals surface area contributed by atoms with Gasteiger partial charge in [-0.05, 0) is 6.42 Å². The first-order chi connectivity index (χ1) is 19.5. The number of rotatable bonds is 32. The Morgan fingerprint density at radius 1 is 0.390 bits per heavy atom. The van der Waals surface area contributed by atoms with Gasteiger partial charge < -0.3 is 16.7 Å². The molecule has 0 aliphatic rings. The van der Waals surface area contributed by atoms with Crippen molar-refractivity contribution in [3.05, 3.63) is 6.92 Å². The summed E-state index contributed by atoms with van der Waals surface area (Å²) in [6.07, 6.45) is 43.5. The fourth-order valence-corrected chi connectivity index (χ4v) is 6.05. The summed E-state index contributed by atoms with van der Waals surface area (Å²) in [5.41, 5.74) is 0. The van der Waals surface area contributed by atoms with Crippen LogP contribution in [0.4, 0.5) is 0 Å². The van der Waals surface area contributed by atoms with Crippen molar-refractivity contribution in [2.24, 2.45) is 0 Å². The van der Waals surface area contributed by atoms with Gasteiger partial charge in [0.1, 0.15) is 0 Å². The maximum atomic E-state index is 10.7. The van der Waals surface area contributed by atoms with E-state index in [1.165, 1.54) is 180 Å². The van der Waals surface area contributed by atoms with Crippen LogP contribution in [0, 0.1) is 6.92 Å². The zero-order valence-electron chi connectivity index (χ0n) is 28.1. The third kappa shape index (κ3) is 50.6. The Labute approximate surface area is 270 Å². The third-order valence-electron chi connectivity index (χ3n) is 8.16. The van der Waals surface area contributed by atoms with E-state index >= 15 is 0 Å². The second kappa shape index (κ2) is 40.6. The molecule has 0 aliphatic carbocycles. The summed E-state index contributed by atoms with van der Waals surface area (Å²) in [6.45, 7) is 8.44. The molecule has 2 N–H and O–H groups in total. The van der Waals surface area contributed by atoms with Crippen molar-refractivity contribution in [2.75, 3.05) is 6.16 Å². The molecule has 0 radical (unpaired) electrons. The minimum Gasteiger partial charge on any atom is -0.343 e. The molecule has 0 aliphatic heterocycles. The zero-order chi connectivity index (χ0) is 29.8. The normalized spacial score (nSPS) is 11.2. The Morgan fingerprint density at radius 2 is 0.585 bits per heavy atom. The summed E-state index contributed by atoms with van der Waals surface area (Å²) in [7, 11) is -3.75. The van der Waals surface area contributed by atoms with E-state index in [-0.39, 0.29) is 22.7 Å². The Bertz CT molecular complexity index is 467. The number of hydrogen-bond acceptors (Lipinski definition) is 1. The third-order valence-corrected chi connectivity index (χ3v) is 9.06. The van der Waals surface area contributed by atoms with Crippen LogP contribution in [-0.4, -0.2) is 15.9 Å². The molecule has 0 heterocycles. The molecular weight excluding hydrogens is 570 g/mol. The minimum atomic E-state index is -3.75. The molecule has 0 spiro atoms. The molecule has 0 rings (SSSR count). The second-order valence-corrected chi connectivity index (χ2v) is 14.3. The summed E-state index contributed by atoms with van der Waals surface area (Å²) in [6, 6.07) is 0. The van der Waals surface area contributed by atoms with Crippen molar-refractivity contribution in [2.45, 2.75) is 219 Å². The van der Waals surface area contributed by atoms with Crippen molar-refractivity contribution >= 4 is 7.60 Å². The Kier molecular flexibility index (Phi) is 45.7. The largest absolute Gasteiger partial charge is 0.343 e. The van der Waals surface area contributed by atoms with Gasteiger partial charge in [0.15, 0.2) is 0 Å². The molecule has 41 heavy (non-hydrogen) atoms. The van der Waals surface area contributed by atoms with Crippen molar-refractivity contribution in [1.29, 1.82) is 0 Å². The SMILES string of the molecule is CCCCCCCCCCCCCCCCCCP(=O)(O)O.[CH2-]CCCCCCCCCCCCCCCCC.[Ni]. The van der Waals surface area contributed by atoms with E-state index in [0.29, 0.717) is 6.42 Å². The molecule has 0 aromatic rings. The summed E-state index contributed by atoms with van der Waals surface area (Å²) in [5, 5.41) is 0. The van der Waals surface area contributed by atoms with Crippen molar-refractivity contribution in [1.82, 2.24) is 0 Å². The van der Waals surface area contributed by atoms with Gasteiger partial charge in [0.05, 0.1) is 0 Å². The van der Waals surface area contributed by atoms with Gasteiger partial charge in [0, 0.05) is 22.7 Å². The fraction of sp³-hybridized carbons (Fsp3) is 0.972. The predicted octanol–water partition coefficient (Wildman–Crippen LogP) is 13.5. The Hall–Kier alpha value is 0.644. The molecule has 3 nitrogen and oxygen atoms in total. The first kappa shape index (κ1) is 46.1. The maximum Gasteiger partial charge on any atom is 0.325 e. The van der Waals surface area contributed by atoms with Crippen LogP contribution in [0.25, 0.3) is 0 Å². The Morgan fingerprint density at radius 3 is 0.780 bits per heavy atom. The van der Waals surface area contributed by atoms with E-state index in [0.717, 1.165) is 19.3 Å². The molecule has 5 heteroatoms. The van der Waals surface area contributed by atoms with Crippen LogP contribution >= 0.6 is 7.60 Å². The van der Waals surface area contributed by atoms with Crippen LogP contribution in [0.3, 0.4) is 0 Å². The topological polar surface area (TPSA) is 57.5 Å². The number of hydrogen-bond donors (Lipinski definition) is 2. The summed E-state index contributed by atoms with van der Waals surface area (Å²) < 4.78 is 10.7. The molecular formula is C36H76NiO3P-. The molecule has 254 valence electrons. The number of unbranched alkanes of at least 4 members (excludes halogenated alkanes) is 30. The van der Waals surface area contributed by atoms with E-state index in [1.807, 2.05) is 0 Å². The van der Waals surface area contributed by atoms with E-state index < -0.39 is 7.60 Å². The standard InChI is InChI=1S/C18H39O3P.C18H37.Ni/c1-2-3-4-5-6-7-8-9-10-11-12-13-14-15-16-17-18-22(19,20)21;1-3-5-7-9-11-13-15-17-18-16-14-12-10-8-6-4-2;/h2-18H2,1H3,(H2,19,20,21);1,3-18H2,2H3;/q;-1;. The first-order valence-electron chi connectivity index (χ1n) is 18.3. The van der Waals surface area contributed by atoms with Gasteiger partial charge in [0.2, 0.25) is 0 Å². The van der Waals surface area contributed by atoms with Crippen molar-refractivity contribution < 1.29 is 30.8 Å². The van der Waals surface area contributed by atoms with E-state index in [1.54, 1.807) is 0 Å². The van der Waals surface area contributed by atoms with Gasteiger partial charge in [-0.25, -0.2) is 0 Å². The minimum absolute atomic E-state index is 0. The van der Waals surface area contributed by atoms with E-state index in [4.69, 9.17) is 9.79 Å². The molecule has 0 amide bonds. The molecule has 0 fully saturated rings. The second-order valence-electron chi connectivity index (χ2n) is 12.5. The van der Waals surface area contributed by atoms with Gasteiger partial charge in [-0.2, -0.15) is 6.42 Å². The van der Waals surface area contributed by atoms with Crippen molar-refractivity contribution in [3.8, 4) is 0 Å². The van der Waals surface area contributed by atoms with Crippen LogP contribution in [0.1, 0.15) is 219 Å². The van der Waals surface area contributed by atoms with Crippen molar-refractivity contribution in [3.63, 3.8) is 0 Å². The molecule has 0 unspecified atom stereocenters. The molecule has 0 aromatic heterocycles. The smallest absolute Gasteiger partial charge is 0.325 e. The quantitative estimate of drug-likeness (QED) is 0.0331. The summed E-state index contributed by atoms with van der Waals surface area (Å²) in [4.78, 5) is 17.5. The first-order valence-corrected chi connectivity index (χ1v) is 20.1. The van der Waals surface area contributed by atoms with Gasteiger partial charge in [-0.3, -0.25) is 4.57 Å². The van der Waals surface area contributed by atoms with Gasteiger partial charge in [-0.1, -0.05) is 206 Å².